The molecule has 0 aromatic heterocycles. The third-order valence-corrected chi connectivity index (χ3v) is 6.37. The first-order valence-corrected chi connectivity index (χ1v) is 12.9. The van der Waals surface area contributed by atoms with Gasteiger partial charge in [0.25, 0.3) is 0 Å². The molecule has 39 heavy (non-hydrogen) atoms. The fourth-order valence-electron chi connectivity index (χ4n) is 4.56. The number of carbonyl (C=O) groups is 3. The van der Waals surface area contributed by atoms with Crippen molar-refractivity contribution in [2.24, 2.45) is 0 Å². The van der Waals surface area contributed by atoms with E-state index in [0.29, 0.717) is 0 Å². The maximum Gasteiger partial charge on any atom is 0.408 e. The van der Waals surface area contributed by atoms with E-state index in [-0.39, 0.29) is 12.8 Å². The van der Waals surface area contributed by atoms with Gasteiger partial charge in [0, 0.05) is 12.8 Å². The average Bonchev–Trinajstić information content (AvgIpc) is 2.91. The quantitative estimate of drug-likeness (QED) is 0.303. The molecule has 7 nitrogen and oxygen atoms in total. The third kappa shape index (κ3) is 7.35. The van der Waals surface area contributed by atoms with E-state index < -0.39 is 35.7 Å². The standard InChI is InChI=1S/C32H34N2O5/c1-32(2,3)39-31(37)34-27(19-21-16-17-22-10-5-6-12-24(22)18-21)29(35)33-28(30(36)38-4)20-25-14-9-13-23-11-7-8-15-26(23)25/h5-18,27-28H,19-20H2,1-4H3,(H,33,35)(H,34,37)/t27-,28+/m1/s1. The maximum absolute atomic E-state index is 13.6. The van der Waals surface area contributed by atoms with Crippen molar-refractivity contribution in [3.8, 4) is 0 Å². The van der Waals surface area contributed by atoms with Crippen LogP contribution in [-0.4, -0.2) is 42.8 Å². The van der Waals surface area contributed by atoms with Crippen LogP contribution in [0.3, 0.4) is 0 Å². The number of nitrogens with one attached hydrogen (secondary N) is 2. The lowest BCUT2D eigenvalue weighted by atomic mass is 9.98. The summed E-state index contributed by atoms with van der Waals surface area (Å²) in [4.78, 5) is 39.1. The van der Waals surface area contributed by atoms with E-state index in [9.17, 15) is 14.4 Å². The summed E-state index contributed by atoms with van der Waals surface area (Å²) >= 11 is 0. The van der Waals surface area contributed by atoms with E-state index in [4.69, 9.17) is 9.47 Å². The zero-order chi connectivity index (χ0) is 28.0. The Morgan fingerprint density at radius 3 is 2.13 bits per heavy atom. The second-order valence-electron chi connectivity index (χ2n) is 10.5. The Balaban J connectivity index is 1.59. The van der Waals surface area contributed by atoms with Crippen molar-refractivity contribution in [2.45, 2.75) is 51.3 Å². The van der Waals surface area contributed by atoms with Crippen LogP contribution < -0.4 is 10.6 Å². The van der Waals surface area contributed by atoms with Crippen LogP contribution in [0.5, 0.6) is 0 Å². The minimum absolute atomic E-state index is 0.206. The van der Waals surface area contributed by atoms with Gasteiger partial charge in [-0.15, -0.1) is 0 Å². The molecule has 0 aliphatic carbocycles. The van der Waals surface area contributed by atoms with Gasteiger partial charge in [-0.05, 0) is 53.4 Å². The van der Waals surface area contributed by atoms with Crippen LogP contribution in [0.1, 0.15) is 31.9 Å². The SMILES string of the molecule is COC(=O)[C@H](Cc1cccc2ccccc12)NC(=O)[C@@H](Cc1ccc2ccccc2c1)NC(=O)OC(C)(C)C. The van der Waals surface area contributed by atoms with Crippen molar-refractivity contribution < 1.29 is 23.9 Å². The summed E-state index contributed by atoms with van der Waals surface area (Å²) in [6.45, 7) is 5.26. The number of ether oxygens (including phenoxy) is 2. The lowest BCUT2D eigenvalue weighted by Gasteiger charge is -2.25. The van der Waals surface area contributed by atoms with E-state index in [1.165, 1.54) is 7.11 Å². The predicted molar refractivity (Wildman–Crippen MR) is 152 cm³/mol. The van der Waals surface area contributed by atoms with E-state index in [0.717, 1.165) is 32.7 Å². The van der Waals surface area contributed by atoms with Gasteiger partial charge < -0.3 is 20.1 Å². The second-order valence-corrected chi connectivity index (χ2v) is 10.5. The first kappa shape index (κ1) is 27.6. The molecule has 0 aliphatic rings. The smallest absolute Gasteiger partial charge is 0.408 e. The number of benzene rings is 4. The molecule has 0 radical (unpaired) electrons. The topological polar surface area (TPSA) is 93.7 Å². The van der Waals surface area contributed by atoms with Crippen molar-refractivity contribution in [2.75, 3.05) is 7.11 Å². The van der Waals surface area contributed by atoms with Gasteiger partial charge >= 0.3 is 12.1 Å². The van der Waals surface area contributed by atoms with E-state index >= 15 is 0 Å². The summed E-state index contributed by atoms with van der Waals surface area (Å²) < 4.78 is 10.4. The Labute approximate surface area is 228 Å². The molecule has 0 bridgehead atoms. The minimum Gasteiger partial charge on any atom is -0.467 e. The molecule has 7 heteroatoms. The molecule has 0 saturated carbocycles. The lowest BCUT2D eigenvalue weighted by molar-refractivity contribution is -0.145. The van der Waals surface area contributed by atoms with Crippen LogP contribution >= 0.6 is 0 Å². The maximum atomic E-state index is 13.6. The van der Waals surface area contributed by atoms with Crippen molar-refractivity contribution in [3.05, 3.63) is 96.1 Å². The number of carbonyl (C=O) groups excluding carboxylic acids is 3. The van der Waals surface area contributed by atoms with Crippen LogP contribution in [0.25, 0.3) is 21.5 Å². The number of alkyl carbamates (subject to hydrolysis) is 1. The molecule has 0 fully saturated rings. The molecule has 0 saturated heterocycles. The average molecular weight is 527 g/mol. The first-order chi connectivity index (χ1) is 18.6. The molecule has 4 rings (SSSR count). The van der Waals surface area contributed by atoms with Gasteiger partial charge in [-0.1, -0.05) is 84.9 Å². The van der Waals surface area contributed by atoms with Gasteiger partial charge in [0.2, 0.25) is 5.91 Å². The molecule has 4 aromatic rings. The van der Waals surface area contributed by atoms with Crippen LogP contribution in [0.4, 0.5) is 4.79 Å². The Kier molecular flexibility index (Phi) is 8.49. The molecule has 202 valence electrons. The van der Waals surface area contributed by atoms with Crippen LogP contribution in [0.2, 0.25) is 0 Å². The van der Waals surface area contributed by atoms with Gasteiger partial charge in [0.15, 0.2) is 0 Å². The van der Waals surface area contributed by atoms with Gasteiger partial charge in [0.05, 0.1) is 7.11 Å². The zero-order valence-electron chi connectivity index (χ0n) is 22.7. The molecule has 0 unspecified atom stereocenters. The molecular weight excluding hydrogens is 492 g/mol. The Morgan fingerprint density at radius 1 is 0.744 bits per heavy atom. The predicted octanol–water partition coefficient (Wildman–Crippen LogP) is 5.33. The molecule has 0 aliphatic heterocycles. The van der Waals surface area contributed by atoms with Gasteiger partial charge in [-0.2, -0.15) is 0 Å². The van der Waals surface area contributed by atoms with Gasteiger partial charge in [-0.25, -0.2) is 9.59 Å². The Morgan fingerprint density at radius 2 is 1.41 bits per heavy atom. The number of hydrogen-bond acceptors (Lipinski definition) is 5. The zero-order valence-corrected chi connectivity index (χ0v) is 22.7. The number of methoxy groups -OCH3 is 1. The highest BCUT2D eigenvalue weighted by atomic mass is 16.6. The molecule has 2 amide bonds. The molecule has 0 heterocycles. The van der Waals surface area contributed by atoms with Crippen LogP contribution in [-0.2, 0) is 31.9 Å². The van der Waals surface area contributed by atoms with E-state index in [1.54, 1.807) is 20.8 Å². The molecule has 2 N–H and O–H groups in total. The monoisotopic (exact) mass is 526 g/mol. The Hall–Kier alpha value is -4.39. The Bertz CT molecular complexity index is 1490. The highest BCUT2D eigenvalue weighted by molar-refractivity contribution is 5.91. The summed E-state index contributed by atoms with van der Waals surface area (Å²) in [7, 11) is 1.29. The summed E-state index contributed by atoms with van der Waals surface area (Å²) in [5, 5.41) is 9.64. The van der Waals surface area contributed by atoms with E-state index in [2.05, 4.69) is 10.6 Å². The van der Waals surface area contributed by atoms with Gasteiger partial charge in [-0.3, -0.25) is 4.79 Å². The number of rotatable bonds is 8. The fourth-order valence-corrected chi connectivity index (χ4v) is 4.56. The summed E-state index contributed by atoms with van der Waals surface area (Å²) in [6, 6.07) is 25.6. The van der Waals surface area contributed by atoms with Crippen molar-refractivity contribution in [3.63, 3.8) is 0 Å². The first-order valence-electron chi connectivity index (χ1n) is 12.9. The number of fused-ring (bicyclic) bond motifs is 2. The normalized spacial score (nSPS) is 12.9. The molecule has 2 atom stereocenters. The number of esters is 1. The molecule has 0 spiro atoms. The van der Waals surface area contributed by atoms with Crippen molar-refractivity contribution in [1.29, 1.82) is 0 Å². The summed E-state index contributed by atoms with van der Waals surface area (Å²) in [5.74, 6) is -1.08. The lowest BCUT2D eigenvalue weighted by Crippen LogP contribution is -2.53. The van der Waals surface area contributed by atoms with E-state index in [1.807, 2.05) is 84.9 Å². The highest BCUT2D eigenvalue weighted by Gasteiger charge is 2.29. The third-order valence-electron chi connectivity index (χ3n) is 6.37. The second kappa shape index (κ2) is 12.0. The summed E-state index contributed by atoms with van der Waals surface area (Å²) in [6.07, 6.45) is -0.278. The van der Waals surface area contributed by atoms with Crippen LogP contribution in [0, 0.1) is 0 Å². The molecule has 4 aromatic carbocycles. The minimum atomic E-state index is -0.985. The van der Waals surface area contributed by atoms with Gasteiger partial charge in [0.1, 0.15) is 17.7 Å². The van der Waals surface area contributed by atoms with Crippen molar-refractivity contribution in [1.82, 2.24) is 10.6 Å². The molecular formula is C32H34N2O5. The number of amides is 2. The summed E-state index contributed by atoms with van der Waals surface area (Å²) in [5.41, 5.74) is 1.01. The van der Waals surface area contributed by atoms with Crippen molar-refractivity contribution >= 4 is 39.5 Å². The largest absolute Gasteiger partial charge is 0.467 e. The number of hydrogen-bond donors (Lipinski definition) is 2. The van der Waals surface area contributed by atoms with Crippen LogP contribution in [0.15, 0.2) is 84.9 Å². The fraction of sp³-hybridized carbons (Fsp3) is 0.281. The highest BCUT2D eigenvalue weighted by Crippen LogP contribution is 2.21.